The van der Waals surface area contributed by atoms with Gasteiger partial charge in [-0.2, -0.15) is 0 Å². The summed E-state index contributed by atoms with van der Waals surface area (Å²) in [6.07, 6.45) is 2.97. The highest BCUT2D eigenvalue weighted by Crippen LogP contribution is 2.24. The summed E-state index contributed by atoms with van der Waals surface area (Å²) in [6.45, 7) is 1.51. The number of hydrogen-bond acceptors (Lipinski definition) is 5. The zero-order valence-corrected chi connectivity index (χ0v) is 10.6. The molecular weight excluding hydrogens is 246 g/mol. The molecule has 6 heteroatoms. The molecule has 2 heterocycles. The molecule has 88 valence electrons. The van der Waals surface area contributed by atoms with E-state index in [0.29, 0.717) is 17.1 Å². The van der Waals surface area contributed by atoms with Gasteiger partial charge >= 0.3 is 0 Å². The lowest BCUT2D eigenvalue weighted by molar-refractivity contribution is 0.102. The molecular formula is C10H13NO3S2. The second-order valence-corrected chi connectivity index (χ2v) is 7.49. The van der Waals surface area contributed by atoms with E-state index in [4.69, 9.17) is 0 Å². The van der Waals surface area contributed by atoms with Gasteiger partial charge in [-0.25, -0.2) is 13.4 Å². The Balaban J connectivity index is 2.02. The smallest absolute Gasteiger partial charge is 0.171 e. The highest BCUT2D eigenvalue weighted by Gasteiger charge is 2.28. The molecule has 0 amide bonds. The standard InChI is InChI=1S/C10H13NO3S2/c1-7(12)9-5-11-10(15-9)4-8-2-3-16(13,14)6-8/h5,8H,2-4,6H2,1H3. The van der Waals surface area contributed by atoms with Crippen molar-refractivity contribution in [3.63, 3.8) is 0 Å². The van der Waals surface area contributed by atoms with Gasteiger partial charge < -0.3 is 0 Å². The third-order valence-electron chi connectivity index (χ3n) is 2.69. The molecule has 1 aromatic rings. The van der Waals surface area contributed by atoms with Gasteiger partial charge in [-0.05, 0) is 12.3 Å². The predicted octanol–water partition coefficient (Wildman–Crippen LogP) is 1.32. The SMILES string of the molecule is CC(=O)c1cnc(CC2CCS(=O)(=O)C2)s1. The predicted molar refractivity (Wildman–Crippen MR) is 62.6 cm³/mol. The minimum atomic E-state index is -2.82. The van der Waals surface area contributed by atoms with Crippen LogP contribution in [0.1, 0.15) is 28.0 Å². The molecule has 0 aliphatic carbocycles. The summed E-state index contributed by atoms with van der Waals surface area (Å²) in [5.74, 6) is 0.753. The van der Waals surface area contributed by atoms with E-state index in [1.54, 1.807) is 6.20 Å². The van der Waals surface area contributed by atoms with Crippen molar-refractivity contribution in [2.45, 2.75) is 19.8 Å². The van der Waals surface area contributed by atoms with Crippen LogP contribution in [0.2, 0.25) is 0 Å². The molecule has 1 fully saturated rings. The molecule has 0 spiro atoms. The van der Waals surface area contributed by atoms with Crippen LogP contribution in [0, 0.1) is 5.92 Å². The second-order valence-electron chi connectivity index (χ2n) is 4.15. The summed E-state index contributed by atoms with van der Waals surface area (Å²) in [5, 5.41) is 0.868. The van der Waals surface area contributed by atoms with Gasteiger partial charge in [-0.1, -0.05) is 0 Å². The average Bonchev–Trinajstić information content (AvgIpc) is 2.73. The number of aromatic nitrogens is 1. The van der Waals surface area contributed by atoms with E-state index in [1.165, 1.54) is 18.3 Å². The Kier molecular flexibility index (Phi) is 3.12. The van der Waals surface area contributed by atoms with Crippen LogP contribution in [-0.2, 0) is 16.3 Å². The summed E-state index contributed by atoms with van der Waals surface area (Å²) < 4.78 is 22.5. The molecule has 1 aromatic heterocycles. The van der Waals surface area contributed by atoms with Crippen LogP contribution < -0.4 is 0 Å². The van der Waals surface area contributed by atoms with Gasteiger partial charge in [-0.15, -0.1) is 11.3 Å². The summed E-state index contributed by atoms with van der Waals surface area (Å²) in [4.78, 5) is 15.9. The number of thiazole rings is 1. The first-order valence-electron chi connectivity index (χ1n) is 5.12. The summed E-state index contributed by atoms with van der Waals surface area (Å²) in [5.41, 5.74) is 0. The fourth-order valence-electron chi connectivity index (χ4n) is 1.85. The number of carbonyl (C=O) groups excluding carboxylic acids is 1. The van der Waals surface area contributed by atoms with E-state index in [1.807, 2.05) is 0 Å². The van der Waals surface area contributed by atoms with Crippen molar-refractivity contribution in [2.75, 3.05) is 11.5 Å². The average molecular weight is 259 g/mol. The highest BCUT2D eigenvalue weighted by atomic mass is 32.2. The monoisotopic (exact) mass is 259 g/mol. The molecule has 0 radical (unpaired) electrons. The van der Waals surface area contributed by atoms with E-state index in [0.717, 1.165) is 11.4 Å². The molecule has 0 saturated carbocycles. The summed E-state index contributed by atoms with van der Waals surface area (Å²) in [7, 11) is -2.82. The topological polar surface area (TPSA) is 64.1 Å². The van der Waals surface area contributed by atoms with Crippen LogP contribution in [-0.4, -0.2) is 30.7 Å². The molecule has 1 atom stereocenters. The Hall–Kier alpha value is -0.750. The Morgan fingerprint density at radius 1 is 1.62 bits per heavy atom. The van der Waals surface area contributed by atoms with Gasteiger partial charge in [-0.3, -0.25) is 4.79 Å². The van der Waals surface area contributed by atoms with Gasteiger partial charge in [0.15, 0.2) is 15.6 Å². The molecule has 0 N–H and O–H groups in total. The Morgan fingerprint density at radius 3 is 2.88 bits per heavy atom. The molecule has 0 bridgehead atoms. The molecule has 16 heavy (non-hydrogen) atoms. The van der Waals surface area contributed by atoms with Crippen LogP contribution in [0.15, 0.2) is 6.20 Å². The van der Waals surface area contributed by atoms with Crippen molar-refractivity contribution in [3.05, 3.63) is 16.1 Å². The first-order chi connectivity index (χ1) is 7.46. The molecule has 1 unspecified atom stereocenters. The molecule has 1 saturated heterocycles. The molecule has 4 nitrogen and oxygen atoms in total. The van der Waals surface area contributed by atoms with Gasteiger partial charge in [0.05, 0.1) is 21.4 Å². The van der Waals surface area contributed by atoms with E-state index in [-0.39, 0.29) is 17.5 Å². The van der Waals surface area contributed by atoms with Crippen LogP contribution >= 0.6 is 11.3 Å². The fraction of sp³-hybridized carbons (Fsp3) is 0.600. The van der Waals surface area contributed by atoms with E-state index in [2.05, 4.69) is 4.98 Å². The lowest BCUT2D eigenvalue weighted by Gasteiger charge is -2.02. The van der Waals surface area contributed by atoms with Crippen molar-refractivity contribution >= 4 is 27.0 Å². The maximum Gasteiger partial charge on any atom is 0.171 e. The number of Topliss-reactive ketones (excluding diaryl/α,β-unsaturated/α-hetero) is 1. The number of nitrogens with zero attached hydrogens (tertiary/aromatic N) is 1. The first-order valence-corrected chi connectivity index (χ1v) is 7.76. The third-order valence-corrected chi connectivity index (χ3v) is 5.65. The minimum absolute atomic E-state index is 0.0165. The highest BCUT2D eigenvalue weighted by molar-refractivity contribution is 7.91. The normalized spacial score (nSPS) is 23.4. The maximum absolute atomic E-state index is 11.3. The van der Waals surface area contributed by atoms with Crippen molar-refractivity contribution < 1.29 is 13.2 Å². The van der Waals surface area contributed by atoms with E-state index in [9.17, 15) is 13.2 Å². The van der Waals surface area contributed by atoms with Crippen molar-refractivity contribution in [1.29, 1.82) is 0 Å². The quantitative estimate of drug-likeness (QED) is 0.768. The lowest BCUT2D eigenvalue weighted by atomic mass is 10.1. The van der Waals surface area contributed by atoms with Gasteiger partial charge in [0.2, 0.25) is 0 Å². The summed E-state index contributed by atoms with van der Waals surface area (Å²) in [6, 6.07) is 0. The van der Waals surface area contributed by atoms with Crippen molar-refractivity contribution in [2.24, 2.45) is 5.92 Å². The number of sulfone groups is 1. The number of rotatable bonds is 3. The molecule has 0 aromatic carbocycles. The Bertz CT molecular complexity index is 504. The van der Waals surface area contributed by atoms with E-state index >= 15 is 0 Å². The number of ketones is 1. The molecule has 2 rings (SSSR count). The minimum Gasteiger partial charge on any atom is -0.294 e. The fourth-order valence-corrected chi connectivity index (χ4v) is 4.64. The number of carbonyl (C=O) groups is 1. The Morgan fingerprint density at radius 2 is 2.38 bits per heavy atom. The molecule has 1 aliphatic heterocycles. The summed E-state index contributed by atoms with van der Waals surface area (Å²) >= 11 is 1.37. The maximum atomic E-state index is 11.3. The number of hydrogen-bond donors (Lipinski definition) is 0. The van der Waals surface area contributed by atoms with Crippen LogP contribution in [0.4, 0.5) is 0 Å². The lowest BCUT2D eigenvalue weighted by Crippen LogP contribution is -2.07. The zero-order chi connectivity index (χ0) is 11.8. The zero-order valence-electron chi connectivity index (χ0n) is 8.97. The van der Waals surface area contributed by atoms with Crippen molar-refractivity contribution in [3.8, 4) is 0 Å². The second kappa shape index (κ2) is 4.25. The van der Waals surface area contributed by atoms with E-state index < -0.39 is 9.84 Å². The van der Waals surface area contributed by atoms with Gasteiger partial charge in [0, 0.05) is 19.5 Å². The Labute approximate surface area is 98.6 Å². The van der Waals surface area contributed by atoms with Crippen molar-refractivity contribution in [1.82, 2.24) is 4.98 Å². The van der Waals surface area contributed by atoms with Crippen LogP contribution in [0.3, 0.4) is 0 Å². The molecule has 1 aliphatic rings. The van der Waals surface area contributed by atoms with Gasteiger partial charge in [0.1, 0.15) is 0 Å². The van der Waals surface area contributed by atoms with Crippen LogP contribution in [0.25, 0.3) is 0 Å². The van der Waals surface area contributed by atoms with Crippen LogP contribution in [0.5, 0.6) is 0 Å². The van der Waals surface area contributed by atoms with Gasteiger partial charge in [0.25, 0.3) is 0 Å². The third kappa shape index (κ3) is 2.68. The first kappa shape index (κ1) is 11.7. The largest absolute Gasteiger partial charge is 0.294 e.